The normalized spacial score (nSPS) is 10.6. The summed E-state index contributed by atoms with van der Waals surface area (Å²) in [6, 6.07) is 3.23. The van der Waals surface area contributed by atoms with E-state index in [1.807, 2.05) is 13.8 Å². The Kier molecular flexibility index (Phi) is 3.66. The third-order valence-corrected chi connectivity index (χ3v) is 3.29. The number of hydrogen-bond acceptors (Lipinski definition) is 5. The minimum atomic E-state index is -0.972. The van der Waals surface area contributed by atoms with E-state index < -0.39 is 5.97 Å². The number of aromatic nitrogens is 2. The summed E-state index contributed by atoms with van der Waals surface area (Å²) in [6.07, 6.45) is 1.35. The molecule has 5 nitrogen and oxygen atoms in total. The van der Waals surface area contributed by atoms with E-state index in [4.69, 9.17) is 9.52 Å². The average molecular weight is 264 g/mol. The molecule has 0 radical (unpaired) electrons. The Bertz CT molecular complexity index is 544. The van der Waals surface area contributed by atoms with Crippen LogP contribution in [0.5, 0.6) is 0 Å². The van der Waals surface area contributed by atoms with Crippen LogP contribution in [-0.4, -0.2) is 21.0 Å². The van der Waals surface area contributed by atoms with E-state index in [-0.39, 0.29) is 5.56 Å². The van der Waals surface area contributed by atoms with Gasteiger partial charge in [-0.25, -0.2) is 9.78 Å². The molecule has 0 bridgehead atoms. The van der Waals surface area contributed by atoms with Crippen molar-refractivity contribution in [2.75, 3.05) is 0 Å². The van der Waals surface area contributed by atoms with Gasteiger partial charge in [-0.2, -0.15) is 0 Å². The zero-order chi connectivity index (χ0) is 13.1. The topological polar surface area (TPSA) is 76.2 Å². The zero-order valence-electron chi connectivity index (χ0n) is 10.0. The van der Waals surface area contributed by atoms with Gasteiger partial charge in [-0.15, -0.1) is 0 Å². The predicted octanol–water partition coefficient (Wildman–Crippen LogP) is 2.68. The summed E-state index contributed by atoms with van der Waals surface area (Å²) < 4.78 is 5.43. The molecular formula is C12H12N2O3S. The van der Waals surface area contributed by atoms with E-state index in [1.54, 1.807) is 6.07 Å². The second-order valence-electron chi connectivity index (χ2n) is 3.75. The first-order chi connectivity index (χ1) is 8.56. The van der Waals surface area contributed by atoms with Crippen molar-refractivity contribution < 1.29 is 14.3 Å². The molecule has 0 amide bonds. The van der Waals surface area contributed by atoms with Crippen LogP contribution in [0.1, 0.15) is 27.5 Å². The van der Waals surface area contributed by atoms with Crippen LogP contribution >= 0.6 is 11.8 Å². The number of carbonyl (C=O) groups is 1. The van der Waals surface area contributed by atoms with E-state index >= 15 is 0 Å². The van der Waals surface area contributed by atoms with Crippen molar-refractivity contribution >= 4 is 17.7 Å². The Morgan fingerprint density at radius 2 is 2.22 bits per heavy atom. The molecule has 18 heavy (non-hydrogen) atoms. The molecule has 6 heteroatoms. The minimum Gasteiger partial charge on any atom is -0.478 e. The molecule has 2 aromatic heterocycles. The number of aryl methyl sites for hydroxylation is 2. The highest BCUT2D eigenvalue weighted by atomic mass is 32.2. The van der Waals surface area contributed by atoms with Crippen molar-refractivity contribution in [2.45, 2.75) is 24.8 Å². The molecule has 0 atom stereocenters. The van der Waals surface area contributed by atoms with Gasteiger partial charge in [0.25, 0.3) is 5.22 Å². The average Bonchev–Trinajstić information content (AvgIpc) is 2.67. The van der Waals surface area contributed by atoms with Crippen LogP contribution in [0.25, 0.3) is 0 Å². The standard InChI is InChI=1S/C12H12N2O3S/c1-7-8(2)17-12(14-7)18-6-10-4-3-9(5-13-10)11(15)16/h3-5H,6H2,1-2H3,(H,15,16). The van der Waals surface area contributed by atoms with E-state index in [0.29, 0.717) is 11.0 Å². The molecule has 0 aromatic carbocycles. The summed E-state index contributed by atoms with van der Waals surface area (Å²) >= 11 is 1.44. The smallest absolute Gasteiger partial charge is 0.337 e. The van der Waals surface area contributed by atoms with Crippen LogP contribution in [-0.2, 0) is 5.75 Å². The molecule has 0 spiro atoms. The lowest BCUT2D eigenvalue weighted by Crippen LogP contribution is -1.98. The second-order valence-corrected chi connectivity index (χ2v) is 4.68. The number of thioether (sulfide) groups is 1. The number of carboxylic acid groups (broad SMARTS) is 1. The first-order valence-corrected chi connectivity index (χ1v) is 6.30. The van der Waals surface area contributed by atoms with Gasteiger partial charge >= 0.3 is 5.97 Å². The Morgan fingerprint density at radius 3 is 2.72 bits per heavy atom. The minimum absolute atomic E-state index is 0.187. The van der Waals surface area contributed by atoms with Gasteiger partial charge in [-0.1, -0.05) is 11.8 Å². The van der Waals surface area contributed by atoms with E-state index in [1.165, 1.54) is 24.0 Å². The lowest BCUT2D eigenvalue weighted by Gasteiger charge is -1.98. The zero-order valence-corrected chi connectivity index (χ0v) is 10.8. The summed E-state index contributed by atoms with van der Waals surface area (Å²) in [4.78, 5) is 19.0. The molecule has 0 aliphatic heterocycles. The molecule has 94 valence electrons. The van der Waals surface area contributed by atoms with Gasteiger partial charge in [0.15, 0.2) is 0 Å². The summed E-state index contributed by atoms with van der Waals surface area (Å²) in [5.74, 6) is 0.437. The van der Waals surface area contributed by atoms with Gasteiger partial charge in [-0.05, 0) is 26.0 Å². The monoisotopic (exact) mass is 264 g/mol. The fourth-order valence-electron chi connectivity index (χ4n) is 1.28. The largest absolute Gasteiger partial charge is 0.478 e. The highest BCUT2D eigenvalue weighted by Gasteiger charge is 2.07. The summed E-state index contributed by atoms with van der Waals surface area (Å²) in [6.45, 7) is 3.76. The van der Waals surface area contributed by atoms with Crippen LogP contribution in [0, 0.1) is 13.8 Å². The van der Waals surface area contributed by atoms with E-state index in [0.717, 1.165) is 17.1 Å². The Hall–Kier alpha value is -1.82. The lowest BCUT2D eigenvalue weighted by molar-refractivity contribution is 0.0696. The summed E-state index contributed by atoms with van der Waals surface area (Å²) in [7, 11) is 0. The summed E-state index contributed by atoms with van der Waals surface area (Å²) in [5.41, 5.74) is 1.86. The lowest BCUT2D eigenvalue weighted by atomic mass is 10.2. The molecule has 0 aliphatic carbocycles. The SMILES string of the molecule is Cc1nc(SCc2ccc(C(=O)O)cn2)oc1C. The number of nitrogens with zero attached hydrogens (tertiary/aromatic N) is 2. The van der Waals surface area contributed by atoms with Crippen LogP contribution in [0.15, 0.2) is 28.0 Å². The maximum atomic E-state index is 10.7. The molecule has 1 N–H and O–H groups in total. The number of oxazole rings is 1. The van der Waals surface area contributed by atoms with E-state index in [2.05, 4.69) is 9.97 Å². The molecule has 2 rings (SSSR count). The van der Waals surface area contributed by atoms with Crippen molar-refractivity contribution in [2.24, 2.45) is 0 Å². The van der Waals surface area contributed by atoms with E-state index in [9.17, 15) is 4.79 Å². The Labute approximate surface area is 108 Å². The first-order valence-electron chi connectivity index (χ1n) is 5.31. The molecule has 0 fully saturated rings. The molecule has 0 saturated carbocycles. The fraction of sp³-hybridized carbons (Fsp3) is 0.250. The third-order valence-electron chi connectivity index (χ3n) is 2.42. The van der Waals surface area contributed by atoms with Crippen LogP contribution in [0.4, 0.5) is 0 Å². The Morgan fingerprint density at radius 1 is 1.44 bits per heavy atom. The van der Waals surface area contributed by atoms with Gasteiger partial charge < -0.3 is 9.52 Å². The maximum Gasteiger partial charge on any atom is 0.337 e. The number of carboxylic acids is 1. The molecular weight excluding hydrogens is 252 g/mol. The van der Waals surface area contributed by atoms with Crippen LogP contribution in [0.3, 0.4) is 0 Å². The number of hydrogen-bond donors (Lipinski definition) is 1. The number of rotatable bonds is 4. The van der Waals surface area contributed by atoms with Crippen molar-refractivity contribution in [3.05, 3.63) is 41.0 Å². The van der Waals surface area contributed by atoms with Crippen molar-refractivity contribution in [1.29, 1.82) is 0 Å². The first kappa shape index (κ1) is 12.6. The van der Waals surface area contributed by atoms with Crippen LogP contribution < -0.4 is 0 Å². The highest BCUT2D eigenvalue weighted by Crippen LogP contribution is 2.23. The van der Waals surface area contributed by atoms with Gasteiger partial charge in [0, 0.05) is 11.9 Å². The number of pyridine rings is 1. The maximum absolute atomic E-state index is 10.7. The quantitative estimate of drug-likeness (QED) is 0.855. The molecule has 0 aliphatic rings. The van der Waals surface area contributed by atoms with Gasteiger partial charge in [0.2, 0.25) is 0 Å². The van der Waals surface area contributed by atoms with Crippen molar-refractivity contribution in [3.8, 4) is 0 Å². The molecule has 2 heterocycles. The van der Waals surface area contributed by atoms with Crippen LogP contribution in [0.2, 0.25) is 0 Å². The third kappa shape index (κ3) is 2.89. The Balaban J connectivity index is 2.00. The van der Waals surface area contributed by atoms with Crippen molar-refractivity contribution in [3.63, 3.8) is 0 Å². The van der Waals surface area contributed by atoms with Crippen molar-refractivity contribution in [1.82, 2.24) is 9.97 Å². The predicted molar refractivity (Wildman–Crippen MR) is 66.7 cm³/mol. The molecule has 0 saturated heterocycles. The fourth-order valence-corrected chi connectivity index (χ4v) is 2.10. The van der Waals surface area contributed by atoms with Gasteiger partial charge in [-0.3, -0.25) is 4.98 Å². The van der Waals surface area contributed by atoms with Gasteiger partial charge in [0.05, 0.1) is 17.0 Å². The number of aromatic carboxylic acids is 1. The highest BCUT2D eigenvalue weighted by molar-refractivity contribution is 7.98. The second kappa shape index (κ2) is 5.22. The van der Waals surface area contributed by atoms with Gasteiger partial charge in [0.1, 0.15) is 5.76 Å². The molecule has 0 unspecified atom stereocenters. The molecule has 2 aromatic rings. The summed E-state index contributed by atoms with van der Waals surface area (Å²) in [5, 5.41) is 9.35.